The van der Waals surface area contributed by atoms with Crippen LogP contribution in [0, 0.1) is 6.92 Å². The summed E-state index contributed by atoms with van der Waals surface area (Å²) < 4.78 is 11.8. The number of aliphatic imine (C=N–C) groups is 1. The van der Waals surface area contributed by atoms with E-state index in [1.807, 2.05) is 49.5 Å². The first-order chi connectivity index (χ1) is 10.7. The second kappa shape index (κ2) is 7.80. The third-order valence-corrected chi connectivity index (χ3v) is 3.65. The molecule has 0 heterocycles. The second-order valence-corrected chi connectivity index (χ2v) is 5.53. The topological polar surface area (TPSA) is 30.8 Å². The zero-order valence-corrected chi connectivity index (χ0v) is 14.3. The molecule has 22 heavy (non-hydrogen) atoms. The molecule has 0 aliphatic heterocycles. The van der Waals surface area contributed by atoms with E-state index in [1.54, 1.807) is 13.2 Å². The van der Waals surface area contributed by atoms with Crippen LogP contribution in [0.4, 0.5) is 5.69 Å². The highest BCUT2D eigenvalue weighted by Crippen LogP contribution is 2.36. The van der Waals surface area contributed by atoms with E-state index in [4.69, 9.17) is 9.47 Å². The molecule has 2 rings (SSSR count). The molecule has 0 unspecified atom stereocenters. The van der Waals surface area contributed by atoms with E-state index in [2.05, 4.69) is 27.5 Å². The van der Waals surface area contributed by atoms with Crippen LogP contribution in [0.3, 0.4) is 0 Å². The summed E-state index contributed by atoms with van der Waals surface area (Å²) in [6, 6.07) is 11.8. The fourth-order valence-corrected chi connectivity index (χ4v) is 2.52. The smallest absolute Gasteiger partial charge is 0.175 e. The molecule has 114 valence electrons. The van der Waals surface area contributed by atoms with Crippen LogP contribution in [0.15, 0.2) is 58.5 Å². The number of hydrogen-bond acceptors (Lipinski definition) is 3. The number of halogens is 1. The average molecular weight is 360 g/mol. The van der Waals surface area contributed by atoms with Crippen molar-refractivity contribution in [3.05, 3.63) is 64.7 Å². The maximum Gasteiger partial charge on any atom is 0.175 e. The maximum atomic E-state index is 5.61. The lowest BCUT2D eigenvalue weighted by atomic mass is 10.2. The van der Waals surface area contributed by atoms with Crippen LogP contribution in [-0.4, -0.2) is 19.9 Å². The quantitative estimate of drug-likeness (QED) is 0.531. The standard InChI is InChI=1S/C18H18BrNO2/c1-4-9-22-18-15(19)10-14(11-17(18)21-3)12-20-16-8-6-5-7-13(16)2/h4-8,10-12H,1,9H2,2-3H3. The predicted molar refractivity (Wildman–Crippen MR) is 94.8 cm³/mol. The van der Waals surface area contributed by atoms with E-state index in [-0.39, 0.29) is 0 Å². The Morgan fingerprint density at radius 2 is 2.05 bits per heavy atom. The molecule has 0 fully saturated rings. The lowest BCUT2D eigenvalue weighted by Crippen LogP contribution is -1.98. The van der Waals surface area contributed by atoms with Crippen molar-refractivity contribution in [3.8, 4) is 11.5 Å². The molecule has 0 aliphatic carbocycles. The van der Waals surface area contributed by atoms with Gasteiger partial charge < -0.3 is 9.47 Å². The van der Waals surface area contributed by atoms with Gasteiger partial charge in [-0.1, -0.05) is 30.9 Å². The number of para-hydroxylation sites is 1. The average Bonchev–Trinajstić information content (AvgIpc) is 2.52. The Labute approximate surface area is 139 Å². The molecular formula is C18H18BrNO2. The number of benzene rings is 2. The first kappa shape index (κ1) is 16.3. The van der Waals surface area contributed by atoms with Gasteiger partial charge in [0.25, 0.3) is 0 Å². The van der Waals surface area contributed by atoms with Crippen LogP contribution in [0.5, 0.6) is 11.5 Å². The van der Waals surface area contributed by atoms with Gasteiger partial charge in [0.15, 0.2) is 11.5 Å². The van der Waals surface area contributed by atoms with Gasteiger partial charge in [-0.15, -0.1) is 0 Å². The molecule has 0 aromatic heterocycles. The summed E-state index contributed by atoms with van der Waals surface area (Å²) in [7, 11) is 1.62. The van der Waals surface area contributed by atoms with E-state index in [9.17, 15) is 0 Å². The molecule has 4 heteroatoms. The number of nitrogens with zero attached hydrogens (tertiary/aromatic N) is 1. The van der Waals surface area contributed by atoms with Crippen molar-refractivity contribution in [2.45, 2.75) is 6.92 Å². The molecule has 0 atom stereocenters. The highest BCUT2D eigenvalue weighted by molar-refractivity contribution is 9.10. The molecule has 2 aromatic carbocycles. The first-order valence-corrected chi connectivity index (χ1v) is 7.66. The molecule has 2 aromatic rings. The molecule has 0 N–H and O–H groups in total. The van der Waals surface area contributed by atoms with Gasteiger partial charge in [-0.05, 0) is 52.2 Å². The van der Waals surface area contributed by atoms with Gasteiger partial charge >= 0.3 is 0 Å². The molecule has 0 bridgehead atoms. The highest BCUT2D eigenvalue weighted by Gasteiger charge is 2.10. The number of hydrogen-bond donors (Lipinski definition) is 0. The van der Waals surface area contributed by atoms with Crippen LogP contribution in [0.25, 0.3) is 0 Å². The molecule has 0 aliphatic rings. The van der Waals surface area contributed by atoms with E-state index in [0.717, 1.165) is 21.3 Å². The zero-order valence-electron chi connectivity index (χ0n) is 12.7. The number of aryl methyl sites for hydroxylation is 1. The summed E-state index contributed by atoms with van der Waals surface area (Å²) in [5, 5.41) is 0. The summed E-state index contributed by atoms with van der Waals surface area (Å²) >= 11 is 3.51. The van der Waals surface area contributed by atoms with Crippen molar-refractivity contribution in [2.24, 2.45) is 4.99 Å². The summed E-state index contributed by atoms with van der Waals surface area (Å²) in [6.07, 6.45) is 3.51. The monoisotopic (exact) mass is 359 g/mol. The van der Waals surface area contributed by atoms with Crippen molar-refractivity contribution in [1.82, 2.24) is 0 Å². The molecule has 0 radical (unpaired) electrons. The SMILES string of the molecule is C=CCOc1c(Br)cc(C=Nc2ccccc2C)cc1OC. The normalized spacial score (nSPS) is 10.7. The van der Waals surface area contributed by atoms with Crippen molar-refractivity contribution >= 4 is 27.8 Å². The Hall–Kier alpha value is -2.07. The second-order valence-electron chi connectivity index (χ2n) is 4.68. The van der Waals surface area contributed by atoms with Gasteiger partial charge in [0.05, 0.1) is 17.3 Å². The summed E-state index contributed by atoms with van der Waals surface area (Å²) in [5.41, 5.74) is 3.01. The molecule has 0 spiro atoms. The van der Waals surface area contributed by atoms with Gasteiger partial charge in [0.2, 0.25) is 0 Å². The molecule has 0 saturated carbocycles. The Balaban J connectivity index is 2.31. The molecule has 0 saturated heterocycles. The van der Waals surface area contributed by atoms with Crippen molar-refractivity contribution in [1.29, 1.82) is 0 Å². The Bertz CT molecular complexity index is 695. The summed E-state index contributed by atoms with van der Waals surface area (Å²) in [5.74, 6) is 1.32. The van der Waals surface area contributed by atoms with E-state index in [0.29, 0.717) is 18.1 Å². The number of ether oxygens (including phenoxy) is 2. The van der Waals surface area contributed by atoms with Gasteiger partial charge in [-0.3, -0.25) is 4.99 Å². The third-order valence-electron chi connectivity index (χ3n) is 3.07. The summed E-state index contributed by atoms with van der Waals surface area (Å²) in [4.78, 5) is 4.53. The Morgan fingerprint density at radius 3 is 2.73 bits per heavy atom. The minimum absolute atomic E-state index is 0.422. The number of methoxy groups -OCH3 is 1. The van der Waals surface area contributed by atoms with E-state index >= 15 is 0 Å². The minimum Gasteiger partial charge on any atom is -0.493 e. The lowest BCUT2D eigenvalue weighted by Gasteiger charge is -2.12. The first-order valence-electron chi connectivity index (χ1n) is 6.86. The van der Waals surface area contributed by atoms with Crippen LogP contribution < -0.4 is 9.47 Å². The predicted octanol–water partition coefficient (Wildman–Crippen LogP) is 5.08. The minimum atomic E-state index is 0.422. The van der Waals surface area contributed by atoms with Crippen molar-refractivity contribution < 1.29 is 9.47 Å². The zero-order chi connectivity index (χ0) is 15.9. The fourth-order valence-electron chi connectivity index (χ4n) is 1.95. The van der Waals surface area contributed by atoms with E-state index < -0.39 is 0 Å². The highest BCUT2D eigenvalue weighted by atomic mass is 79.9. The van der Waals surface area contributed by atoms with Crippen LogP contribution in [0.2, 0.25) is 0 Å². The Morgan fingerprint density at radius 1 is 1.27 bits per heavy atom. The van der Waals surface area contributed by atoms with Crippen molar-refractivity contribution in [3.63, 3.8) is 0 Å². The molecular weight excluding hydrogens is 342 g/mol. The summed E-state index contributed by atoms with van der Waals surface area (Å²) in [6.45, 7) is 6.11. The van der Waals surface area contributed by atoms with Crippen LogP contribution in [0.1, 0.15) is 11.1 Å². The Kier molecular flexibility index (Phi) is 5.78. The lowest BCUT2D eigenvalue weighted by molar-refractivity contribution is 0.324. The van der Waals surface area contributed by atoms with Gasteiger partial charge in [0.1, 0.15) is 6.61 Å². The van der Waals surface area contributed by atoms with Gasteiger partial charge in [-0.25, -0.2) is 0 Å². The van der Waals surface area contributed by atoms with Gasteiger partial charge in [0, 0.05) is 6.21 Å². The van der Waals surface area contributed by atoms with Crippen LogP contribution in [-0.2, 0) is 0 Å². The van der Waals surface area contributed by atoms with Crippen molar-refractivity contribution in [2.75, 3.05) is 13.7 Å². The van der Waals surface area contributed by atoms with Crippen LogP contribution >= 0.6 is 15.9 Å². The largest absolute Gasteiger partial charge is 0.493 e. The third kappa shape index (κ3) is 3.98. The maximum absolute atomic E-state index is 5.61. The van der Waals surface area contributed by atoms with Gasteiger partial charge in [-0.2, -0.15) is 0 Å². The van der Waals surface area contributed by atoms with E-state index in [1.165, 1.54) is 0 Å². The fraction of sp³-hybridized carbons (Fsp3) is 0.167. The molecule has 3 nitrogen and oxygen atoms in total. The number of rotatable bonds is 6. The molecule has 0 amide bonds.